The van der Waals surface area contributed by atoms with Crippen molar-refractivity contribution in [1.29, 1.82) is 0 Å². The van der Waals surface area contributed by atoms with Crippen LogP contribution in [0.3, 0.4) is 0 Å². The number of aryl methyl sites for hydroxylation is 1. The molecular formula is C25H31NO7. The predicted octanol–water partition coefficient (Wildman–Crippen LogP) is 2.60. The molecule has 1 atom stereocenters. The lowest BCUT2D eigenvalue weighted by Gasteiger charge is -2.37. The number of fused-ring (bicyclic) bond motifs is 3. The fourth-order valence-electron chi connectivity index (χ4n) is 4.58. The molecule has 8 nitrogen and oxygen atoms in total. The van der Waals surface area contributed by atoms with Gasteiger partial charge in [0.2, 0.25) is 0 Å². The lowest BCUT2D eigenvalue weighted by Crippen LogP contribution is -2.44. The first-order chi connectivity index (χ1) is 16.0. The van der Waals surface area contributed by atoms with E-state index >= 15 is 0 Å². The van der Waals surface area contributed by atoms with Crippen LogP contribution in [-0.2, 0) is 27.2 Å². The van der Waals surface area contributed by atoms with E-state index in [1.807, 2.05) is 23.6 Å². The summed E-state index contributed by atoms with van der Waals surface area (Å²) in [6, 6.07) is 5.60. The van der Waals surface area contributed by atoms with Crippen molar-refractivity contribution < 1.29 is 28.4 Å². The molecular weight excluding hydrogens is 426 g/mol. The van der Waals surface area contributed by atoms with E-state index in [0.29, 0.717) is 64.3 Å². The molecule has 0 aliphatic carbocycles. The number of pyridine rings is 1. The molecule has 5 rings (SSSR count). The summed E-state index contributed by atoms with van der Waals surface area (Å²) in [7, 11) is 1.64. The van der Waals surface area contributed by atoms with Gasteiger partial charge in [0, 0.05) is 29.2 Å². The summed E-state index contributed by atoms with van der Waals surface area (Å²) in [6.07, 6.45) is 0.613. The van der Waals surface area contributed by atoms with Crippen molar-refractivity contribution in [3.8, 4) is 28.5 Å². The quantitative estimate of drug-likeness (QED) is 0.633. The number of aromatic nitrogens is 1. The Morgan fingerprint density at radius 2 is 1.94 bits per heavy atom. The van der Waals surface area contributed by atoms with Crippen molar-refractivity contribution in [2.45, 2.75) is 32.9 Å². The highest BCUT2D eigenvalue weighted by Gasteiger charge is 2.35. The van der Waals surface area contributed by atoms with Gasteiger partial charge in [0.25, 0.3) is 5.56 Å². The standard InChI is InChI=1S/C25H31NO7/c1-16-20(32-12-18-11-29-6-7-31-18)10-23(27)26-5-4-17-8-22(33-15-25(2)13-30-14-25)21(28-3)9-19(17)24(16)26/h8-10,18H,4-7,11-15H2,1-3H3. The zero-order valence-electron chi connectivity index (χ0n) is 19.5. The maximum Gasteiger partial charge on any atom is 0.254 e. The normalized spacial score (nSPS) is 20.9. The second-order valence-electron chi connectivity index (χ2n) is 9.35. The summed E-state index contributed by atoms with van der Waals surface area (Å²) in [5, 5.41) is 0. The van der Waals surface area contributed by atoms with Gasteiger partial charge in [-0.1, -0.05) is 6.92 Å². The number of ether oxygens (including phenoxy) is 6. The van der Waals surface area contributed by atoms with Gasteiger partial charge in [0.15, 0.2) is 11.5 Å². The molecule has 2 fully saturated rings. The Labute approximate surface area is 193 Å². The fraction of sp³-hybridized carbons (Fsp3) is 0.560. The van der Waals surface area contributed by atoms with E-state index in [-0.39, 0.29) is 17.1 Å². The second-order valence-corrected chi connectivity index (χ2v) is 9.35. The molecule has 0 saturated carbocycles. The SMILES string of the molecule is COc1cc2c(cc1OCC1(C)COC1)CCn1c-2c(C)c(OCC2COCCO2)cc1=O. The van der Waals surface area contributed by atoms with Crippen molar-refractivity contribution in [2.75, 3.05) is 53.4 Å². The molecule has 3 aliphatic rings. The van der Waals surface area contributed by atoms with E-state index in [2.05, 4.69) is 6.92 Å². The fourth-order valence-corrected chi connectivity index (χ4v) is 4.58. The predicted molar refractivity (Wildman–Crippen MR) is 122 cm³/mol. The lowest BCUT2D eigenvalue weighted by molar-refractivity contribution is -0.120. The van der Waals surface area contributed by atoms with Crippen LogP contribution in [-0.4, -0.2) is 64.0 Å². The largest absolute Gasteiger partial charge is 0.493 e. The number of methoxy groups -OCH3 is 1. The van der Waals surface area contributed by atoms with Gasteiger partial charge >= 0.3 is 0 Å². The van der Waals surface area contributed by atoms with Crippen molar-refractivity contribution in [2.24, 2.45) is 5.41 Å². The minimum atomic E-state index is -0.132. The monoisotopic (exact) mass is 457 g/mol. The number of benzene rings is 1. The van der Waals surface area contributed by atoms with Crippen molar-refractivity contribution in [3.63, 3.8) is 0 Å². The Kier molecular flexibility index (Phi) is 6.07. The third-order valence-corrected chi connectivity index (χ3v) is 6.55. The number of rotatable bonds is 7. The molecule has 2 aromatic rings. The van der Waals surface area contributed by atoms with Gasteiger partial charge in [-0.3, -0.25) is 4.79 Å². The Hall–Kier alpha value is -2.55. The first-order valence-electron chi connectivity index (χ1n) is 11.5. The highest BCUT2D eigenvalue weighted by atomic mass is 16.6. The highest BCUT2D eigenvalue weighted by Crippen LogP contribution is 2.41. The molecule has 1 aromatic heterocycles. The topological polar surface area (TPSA) is 77.4 Å². The zero-order chi connectivity index (χ0) is 23.0. The molecule has 0 radical (unpaired) electrons. The summed E-state index contributed by atoms with van der Waals surface area (Å²) in [5.41, 5.74) is 3.85. The number of nitrogens with zero attached hydrogens (tertiary/aromatic N) is 1. The van der Waals surface area contributed by atoms with Gasteiger partial charge in [0.1, 0.15) is 18.5 Å². The minimum absolute atomic E-state index is 0.0384. The Morgan fingerprint density at radius 1 is 1.09 bits per heavy atom. The van der Waals surface area contributed by atoms with E-state index in [1.54, 1.807) is 13.2 Å². The van der Waals surface area contributed by atoms with Crippen molar-refractivity contribution in [3.05, 3.63) is 39.7 Å². The van der Waals surface area contributed by atoms with Crippen LogP contribution >= 0.6 is 0 Å². The maximum absolute atomic E-state index is 12.9. The van der Waals surface area contributed by atoms with Crippen LogP contribution in [0.2, 0.25) is 0 Å². The molecule has 0 amide bonds. The van der Waals surface area contributed by atoms with Gasteiger partial charge in [-0.05, 0) is 31.0 Å². The van der Waals surface area contributed by atoms with E-state index in [1.165, 1.54) is 0 Å². The third kappa shape index (κ3) is 4.35. The van der Waals surface area contributed by atoms with Crippen molar-refractivity contribution in [1.82, 2.24) is 4.57 Å². The molecule has 0 bridgehead atoms. The Bertz CT molecular complexity index is 1080. The van der Waals surface area contributed by atoms with Crippen LogP contribution in [0, 0.1) is 12.3 Å². The molecule has 0 spiro atoms. The first-order valence-corrected chi connectivity index (χ1v) is 11.5. The van der Waals surface area contributed by atoms with Gasteiger partial charge < -0.3 is 33.0 Å². The molecule has 0 N–H and O–H groups in total. The van der Waals surface area contributed by atoms with E-state index in [0.717, 1.165) is 34.6 Å². The summed E-state index contributed by atoms with van der Waals surface area (Å²) in [6.45, 7) is 8.74. The van der Waals surface area contributed by atoms with Gasteiger partial charge in [-0.15, -0.1) is 0 Å². The van der Waals surface area contributed by atoms with E-state index < -0.39 is 0 Å². The average molecular weight is 458 g/mol. The highest BCUT2D eigenvalue weighted by molar-refractivity contribution is 5.74. The number of hydrogen-bond acceptors (Lipinski definition) is 7. The van der Waals surface area contributed by atoms with E-state index in [9.17, 15) is 4.79 Å². The lowest BCUT2D eigenvalue weighted by atomic mass is 9.90. The van der Waals surface area contributed by atoms with Crippen LogP contribution in [0.4, 0.5) is 0 Å². The van der Waals surface area contributed by atoms with Crippen LogP contribution in [0.25, 0.3) is 11.3 Å². The second kappa shape index (κ2) is 9.00. The molecule has 178 valence electrons. The molecule has 4 heterocycles. The minimum Gasteiger partial charge on any atom is -0.493 e. The zero-order valence-corrected chi connectivity index (χ0v) is 19.5. The maximum atomic E-state index is 12.9. The smallest absolute Gasteiger partial charge is 0.254 e. The van der Waals surface area contributed by atoms with Gasteiger partial charge in [-0.25, -0.2) is 0 Å². The van der Waals surface area contributed by atoms with Crippen LogP contribution < -0.4 is 19.8 Å². The summed E-state index contributed by atoms with van der Waals surface area (Å²) >= 11 is 0. The van der Waals surface area contributed by atoms with Crippen LogP contribution in [0.1, 0.15) is 18.1 Å². The van der Waals surface area contributed by atoms with Crippen LogP contribution in [0.15, 0.2) is 23.0 Å². The molecule has 1 unspecified atom stereocenters. The first kappa shape index (κ1) is 22.3. The summed E-state index contributed by atoms with van der Waals surface area (Å²) in [4.78, 5) is 12.9. The third-order valence-electron chi connectivity index (χ3n) is 6.55. The molecule has 3 aliphatic heterocycles. The molecule has 33 heavy (non-hydrogen) atoms. The molecule has 1 aromatic carbocycles. The van der Waals surface area contributed by atoms with Crippen molar-refractivity contribution >= 4 is 0 Å². The van der Waals surface area contributed by atoms with Gasteiger partial charge in [-0.2, -0.15) is 0 Å². The Morgan fingerprint density at radius 3 is 2.64 bits per heavy atom. The molecule has 2 saturated heterocycles. The average Bonchev–Trinajstić information content (AvgIpc) is 2.82. The summed E-state index contributed by atoms with van der Waals surface area (Å²) < 4.78 is 36.1. The Balaban J connectivity index is 1.45. The van der Waals surface area contributed by atoms with Gasteiger partial charge in [0.05, 0.1) is 52.4 Å². The van der Waals surface area contributed by atoms with E-state index in [4.69, 9.17) is 28.4 Å². The summed E-state index contributed by atoms with van der Waals surface area (Å²) in [5.74, 6) is 1.95. The molecule has 8 heteroatoms. The van der Waals surface area contributed by atoms with Crippen LogP contribution in [0.5, 0.6) is 17.2 Å². The number of hydrogen-bond donors (Lipinski definition) is 0.